The summed E-state index contributed by atoms with van der Waals surface area (Å²) in [6, 6.07) is 2.83. The van der Waals surface area contributed by atoms with E-state index in [2.05, 4.69) is 10.6 Å². The number of hydrogen-bond donors (Lipinski definition) is 2. The average molecular weight is 330 g/mol. The summed E-state index contributed by atoms with van der Waals surface area (Å²) in [6.45, 7) is 3.63. The highest BCUT2D eigenvalue weighted by molar-refractivity contribution is 7.91. The summed E-state index contributed by atoms with van der Waals surface area (Å²) in [5.41, 5.74) is 0.201. The molecular formula is C14H19FN2O4S. The van der Waals surface area contributed by atoms with Crippen molar-refractivity contribution >= 4 is 21.6 Å². The van der Waals surface area contributed by atoms with Crippen molar-refractivity contribution in [3.05, 3.63) is 24.0 Å². The Kier molecular flexibility index (Phi) is 4.90. The monoisotopic (exact) mass is 330 g/mol. The quantitative estimate of drug-likeness (QED) is 0.883. The van der Waals surface area contributed by atoms with Gasteiger partial charge < -0.3 is 15.4 Å². The van der Waals surface area contributed by atoms with Crippen LogP contribution in [0.1, 0.15) is 20.3 Å². The van der Waals surface area contributed by atoms with Crippen LogP contribution < -0.4 is 15.4 Å². The SMILES string of the molecule is CC(C)Oc1ccc(F)cc1NC(=O)N[C@H]1CCS(=O)(=O)C1. The summed E-state index contributed by atoms with van der Waals surface area (Å²) in [7, 11) is -3.07. The fourth-order valence-corrected chi connectivity index (χ4v) is 3.88. The minimum atomic E-state index is -3.07. The number of rotatable bonds is 4. The zero-order valence-corrected chi connectivity index (χ0v) is 13.2. The van der Waals surface area contributed by atoms with Gasteiger partial charge in [-0.05, 0) is 32.4 Å². The van der Waals surface area contributed by atoms with Crippen LogP contribution in [0.15, 0.2) is 18.2 Å². The van der Waals surface area contributed by atoms with Crippen molar-refractivity contribution in [1.82, 2.24) is 5.32 Å². The third-order valence-corrected chi connectivity index (χ3v) is 4.89. The molecule has 2 amide bonds. The molecule has 1 heterocycles. The fraction of sp³-hybridized carbons (Fsp3) is 0.500. The van der Waals surface area contributed by atoms with Gasteiger partial charge >= 0.3 is 6.03 Å². The lowest BCUT2D eigenvalue weighted by Crippen LogP contribution is -2.38. The van der Waals surface area contributed by atoms with Gasteiger partial charge in [-0.1, -0.05) is 0 Å². The lowest BCUT2D eigenvalue weighted by Gasteiger charge is -2.16. The Balaban J connectivity index is 2.03. The Labute approximate surface area is 129 Å². The molecule has 1 aromatic carbocycles. The summed E-state index contributed by atoms with van der Waals surface area (Å²) in [5, 5.41) is 5.08. The van der Waals surface area contributed by atoms with Crippen LogP contribution >= 0.6 is 0 Å². The molecule has 1 aromatic rings. The number of anilines is 1. The van der Waals surface area contributed by atoms with E-state index in [0.717, 1.165) is 6.07 Å². The molecule has 1 saturated heterocycles. The minimum Gasteiger partial charge on any atom is -0.489 e. The third kappa shape index (κ3) is 4.59. The molecule has 0 aromatic heterocycles. The van der Waals surface area contributed by atoms with Gasteiger partial charge in [0, 0.05) is 12.1 Å². The molecule has 1 atom stereocenters. The molecule has 22 heavy (non-hydrogen) atoms. The topological polar surface area (TPSA) is 84.5 Å². The maximum absolute atomic E-state index is 13.3. The van der Waals surface area contributed by atoms with E-state index in [-0.39, 0.29) is 23.3 Å². The fourth-order valence-electron chi connectivity index (χ4n) is 2.21. The molecule has 1 aliphatic heterocycles. The number of ether oxygens (including phenoxy) is 1. The predicted octanol–water partition coefficient (Wildman–Crippen LogP) is 1.92. The van der Waals surface area contributed by atoms with Crippen molar-refractivity contribution in [2.45, 2.75) is 32.4 Å². The van der Waals surface area contributed by atoms with E-state index in [1.807, 2.05) is 13.8 Å². The van der Waals surface area contributed by atoms with Crippen LogP contribution in [0.25, 0.3) is 0 Å². The maximum atomic E-state index is 13.3. The first-order chi connectivity index (χ1) is 10.2. The van der Waals surface area contributed by atoms with Gasteiger partial charge in [0.05, 0.1) is 23.3 Å². The lowest BCUT2D eigenvalue weighted by molar-refractivity contribution is 0.241. The molecule has 0 aliphatic carbocycles. The second-order valence-electron chi connectivity index (χ2n) is 5.51. The average Bonchev–Trinajstić information content (AvgIpc) is 2.71. The first kappa shape index (κ1) is 16.5. The maximum Gasteiger partial charge on any atom is 0.319 e. The highest BCUT2D eigenvalue weighted by atomic mass is 32.2. The normalized spacial score (nSPS) is 19.9. The summed E-state index contributed by atoms with van der Waals surface area (Å²) in [4.78, 5) is 11.9. The summed E-state index contributed by atoms with van der Waals surface area (Å²) in [5.74, 6) is -0.154. The lowest BCUT2D eigenvalue weighted by atomic mass is 10.2. The van der Waals surface area contributed by atoms with Gasteiger partial charge in [-0.15, -0.1) is 0 Å². The zero-order chi connectivity index (χ0) is 16.3. The molecule has 1 fully saturated rings. The molecule has 0 spiro atoms. The van der Waals surface area contributed by atoms with Crippen molar-refractivity contribution in [2.75, 3.05) is 16.8 Å². The van der Waals surface area contributed by atoms with Gasteiger partial charge in [0.25, 0.3) is 0 Å². The van der Waals surface area contributed by atoms with E-state index >= 15 is 0 Å². The summed E-state index contributed by atoms with van der Waals surface area (Å²) >= 11 is 0. The van der Waals surface area contributed by atoms with Gasteiger partial charge in [-0.25, -0.2) is 17.6 Å². The second-order valence-corrected chi connectivity index (χ2v) is 7.73. The Hall–Kier alpha value is -1.83. The number of hydrogen-bond acceptors (Lipinski definition) is 4. The number of sulfone groups is 1. The first-order valence-electron chi connectivity index (χ1n) is 6.99. The van der Waals surface area contributed by atoms with E-state index in [1.54, 1.807) is 0 Å². The molecule has 0 bridgehead atoms. The number of nitrogens with one attached hydrogen (secondary N) is 2. The Morgan fingerprint density at radius 3 is 2.73 bits per heavy atom. The van der Waals surface area contributed by atoms with Crippen molar-refractivity contribution in [2.24, 2.45) is 0 Å². The second kappa shape index (κ2) is 6.51. The van der Waals surface area contributed by atoms with Gasteiger partial charge in [-0.3, -0.25) is 0 Å². The van der Waals surface area contributed by atoms with Gasteiger partial charge in [0.15, 0.2) is 9.84 Å². The van der Waals surface area contributed by atoms with Crippen LogP contribution in [0.5, 0.6) is 5.75 Å². The van der Waals surface area contributed by atoms with Gasteiger partial charge in [0.2, 0.25) is 0 Å². The summed E-state index contributed by atoms with van der Waals surface area (Å²) in [6.07, 6.45) is 0.253. The number of carbonyl (C=O) groups is 1. The third-order valence-electron chi connectivity index (χ3n) is 3.12. The molecule has 6 nitrogen and oxygen atoms in total. The molecule has 2 N–H and O–H groups in total. The van der Waals surface area contributed by atoms with E-state index in [1.165, 1.54) is 12.1 Å². The molecule has 0 radical (unpaired) electrons. The first-order valence-corrected chi connectivity index (χ1v) is 8.81. The molecule has 0 saturated carbocycles. The predicted molar refractivity (Wildman–Crippen MR) is 81.4 cm³/mol. The highest BCUT2D eigenvalue weighted by Crippen LogP contribution is 2.26. The number of urea groups is 1. The van der Waals surface area contributed by atoms with Crippen molar-refractivity contribution in [1.29, 1.82) is 0 Å². The smallest absolute Gasteiger partial charge is 0.319 e. The zero-order valence-electron chi connectivity index (χ0n) is 12.4. The Morgan fingerprint density at radius 2 is 2.14 bits per heavy atom. The number of halogens is 1. The van der Waals surface area contributed by atoms with Crippen molar-refractivity contribution < 1.29 is 22.3 Å². The van der Waals surface area contributed by atoms with Gasteiger partial charge in [-0.2, -0.15) is 0 Å². The standard InChI is InChI=1S/C14H19FN2O4S/c1-9(2)21-13-4-3-10(15)7-12(13)17-14(18)16-11-5-6-22(19,20)8-11/h3-4,7,9,11H,5-6,8H2,1-2H3,(H2,16,17,18)/t11-/m0/s1. The summed E-state index contributed by atoms with van der Waals surface area (Å²) < 4.78 is 41.6. The van der Waals surface area contributed by atoms with Gasteiger partial charge in [0.1, 0.15) is 11.6 Å². The van der Waals surface area contributed by atoms with E-state index < -0.39 is 27.7 Å². The molecule has 0 unspecified atom stereocenters. The molecule has 1 aliphatic rings. The van der Waals surface area contributed by atoms with Crippen LogP contribution in [-0.4, -0.2) is 38.1 Å². The Morgan fingerprint density at radius 1 is 1.41 bits per heavy atom. The largest absolute Gasteiger partial charge is 0.489 e. The van der Waals surface area contributed by atoms with Crippen molar-refractivity contribution in [3.8, 4) is 5.75 Å². The van der Waals surface area contributed by atoms with Crippen LogP contribution in [0.2, 0.25) is 0 Å². The molecule has 122 valence electrons. The van der Waals surface area contributed by atoms with E-state index in [4.69, 9.17) is 4.74 Å². The van der Waals surface area contributed by atoms with Crippen LogP contribution in [0.3, 0.4) is 0 Å². The highest BCUT2D eigenvalue weighted by Gasteiger charge is 2.29. The van der Waals surface area contributed by atoms with Crippen LogP contribution in [-0.2, 0) is 9.84 Å². The molecular weight excluding hydrogens is 311 g/mol. The number of amides is 2. The Bertz CT molecular complexity index is 661. The number of carbonyl (C=O) groups excluding carboxylic acids is 1. The van der Waals surface area contributed by atoms with Crippen LogP contribution in [0.4, 0.5) is 14.9 Å². The van der Waals surface area contributed by atoms with E-state index in [9.17, 15) is 17.6 Å². The molecule has 8 heteroatoms. The number of benzene rings is 1. The van der Waals surface area contributed by atoms with Crippen LogP contribution in [0, 0.1) is 5.82 Å². The van der Waals surface area contributed by atoms with E-state index in [0.29, 0.717) is 12.2 Å². The molecule has 2 rings (SSSR count). The van der Waals surface area contributed by atoms with Crippen molar-refractivity contribution in [3.63, 3.8) is 0 Å². The minimum absolute atomic E-state index is 0.0691.